The largest absolute Gasteiger partial charge is 0.341 e. The fourth-order valence-corrected chi connectivity index (χ4v) is 3.79. The van der Waals surface area contributed by atoms with Crippen LogP contribution in [0.15, 0.2) is 6.33 Å². The van der Waals surface area contributed by atoms with Crippen molar-refractivity contribution in [2.45, 2.75) is 31.7 Å². The van der Waals surface area contributed by atoms with Crippen molar-refractivity contribution < 1.29 is 9.59 Å². The topological polar surface area (TPSA) is 85.4 Å². The lowest BCUT2D eigenvalue weighted by atomic mass is 9.91. The smallest absolute Gasteiger partial charge is 0.291 e. The molecule has 2 saturated heterocycles. The third-order valence-electron chi connectivity index (χ3n) is 5.57. The molecule has 0 radical (unpaired) electrons. The van der Waals surface area contributed by atoms with E-state index in [2.05, 4.69) is 20.1 Å². The summed E-state index contributed by atoms with van der Waals surface area (Å²) in [7, 11) is 0. The lowest BCUT2D eigenvalue weighted by molar-refractivity contribution is -0.139. The SMILES string of the molecule is O=C(c1ncn[nH]1)N1CC(C(=O)N2CCCN(C3CCC3)CC2)C1. The Kier molecular flexibility index (Phi) is 4.22. The van der Waals surface area contributed by atoms with E-state index in [1.807, 2.05) is 4.90 Å². The van der Waals surface area contributed by atoms with Crippen molar-refractivity contribution in [3.63, 3.8) is 0 Å². The van der Waals surface area contributed by atoms with Crippen molar-refractivity contribution in [1.82, 2.24) is 29.9 Å². The minimum atomic E-state index is -0.177. The molecular formula is C16H24N6O2. The predicted molar refractivity (Wildman–Crippen MR) is 86.2 cm³/mol. The van der Waals surface area contributed by atoms with Crippen molar-refractivity contribution in [2.24, 2.45) is 5.92 Å². The second kappa shape index (κ2) is 6.51. The second-order valence-electron chi connectivity index (χ2n) is 7.04. The van der Waals surface area contributed by atoms with Crippen LogP contribution in [0.25, 0.3) is 0 Å². The zero-order chi connectivity index (χ0) is 16.5. The Morgan fingerprint density at radius 3 is 2.54 bits per heavy atom. The fourth-order valence-electron chi connectivity index (χ4n) is 3.79. The van der Waals surface area contributed by atoms with E-state index in [0.29, 0.717) is 13.1 Å². The second-order valence-corrected chi connectivity index (χ2v) is 7.04. The van der Waals surface area contributed by atoms with Crippen LogP contribution < -0.4 is 0 Å². The van der Waals surface area contributed by atoms with Crippen molar-refractivity contribution in [3.05, 3.63) is 12.2 Å². The average molecular weight is 332 g/mol. The van der Waals surface area contributed by atoms with E-state index in [0.717, 1.165) is 38.6 Å². The number of hydrogen-bond donors (Lipinski definition) is 1. The van der Waals surface area contributed by atoms with Gasteiger partial charge in [-0.05, 0) is 19.3 Å². The van der Waals surface area contributed by atoms with Gasteiger partial charge in [-0.3, -0.25) is 19.6 Å². The molecule has 1 aromatic rings. The van der Waals surface area contributed by atoms with Crippen LogP contribution in [-0.2, 0) is 4.79 Å². The first-order valence-electron chi connectivity index (χ1n) is 8.90. The van der Waals surface area contributed by atoms with Crippen molar-refractivity contribution in [3.8, 4) is 0 Å². The van der Waals surface area contributed by atoms with E-state index in [4.69, 9.17) is 0 Å². The maximum Gasteiger partial charge on any atom is 0.291 e. The molecule has 130 valence electrons. The molecule has 24 heavy (non-hydrogen) atoms. The van der Waals surface area contributed by atoms with Crippen LogP contribution in [0, 0.1) is 5.92 Å². The Bertz CT molecular complexity index is 594. The van der Waals surface area contributed by atoms with E-state index in [1.54, 1.807) is 4.90 Å². The number of nitrogens with one attached hydrogen (secondary N) is 1. The first kappa shape index (κ1) is 15.6. The van der Waals surface area contributed by atoms with Gasteiger partial charge in [0.1, 0.15) is 6.33 Å². The summed E-state index contributed by atoms with van der Waals surface area (Å²) in [5.74, 6) is 0.203. The van der Waals surface area contributed by atoms with Gasteiger partial charge in [-0.2, -0.15) is 5.10 Å². The van der Waals surface area contributed by atoms with Gasteiger partial charge in [-0.25, -0.2) is 4.98 Å². The molecule has 0 atom stereocenters. The molecule has 4 rings (SSSR count). The van der Waals surface area contributed by atoms with Crippen molar-refractivity contribution in [1.29, 1.82) is 0 Å². The molecule has 1 N–H and O–H groups in total. The van der Waals surface area contributed by atoms with Gasteiger partial charge in [0.15, 0.2) is 0 Å². The summed E-state index contributed by atoms with van der Waals surface area (Å²) in [5.41, 5.74) is 0. The molecule has 1 saturated carbocycles. The summed E-state index contributed by atoms with van der Waals surface area (Å²) in [6.07, 6.45) is 6.35. The highest BCUT2D eigenvalue weighted by molar-refractivity contribution is 5.92. The van der Waals surface area contributed by atoms with Gasteiger partial charge in [0.2, 0.25) is 11.7 Å². The van der Waals surface area contributed by atoms with E-state index < -0.39 is 0 Å². The monoisotopic (exact) mass is 332 g/mol. The summed E-state index contributed by atoms with van der Waals surface area (Å²) < 4.78 is 0. The molecule has 3 fully saturated rings. The van der Waals surface area contributed by atoms with Crippen LogP contribution in [0.4, 0.5) is 0 Å². The molecule has 2 aliphatic heterocycles. The van der Waals surface area contributed by atoms with Gasteiger partial charge in [0.05, 0.1) is 5.92 Å². The molecule has 2 amide bonds. The number of likely N-dealkylation sites (tertiary alicyclic amines) is 1. The van der Waals surface area contributed by atoms with Crippen molar-refractivity contribution >= 4 is 11.8 Å². The van der Waals surface area contributed by atoms with Gasteiger partial charge in [-0.15, -0.1) is 0 Å². The molecule has 8 nitrogen and oxygen atoms in total. The first-order chi connectivity index (χ1) is 11.7. The van der Waals surface area contributed by atoms with Crippen LogP contribution >= 0.6 is 0 Å². The zero-order valence-electron chi connectivity index (χ0n) is 13.9. The molecule has 0 bridgehead atoms. The quantitative estimate of drug-likeness (QED) is 0.840. The number of amides is 2. The number of carbonyl (C=O) groups excluding carboxylic acids is 2. The third kappa shape index (κ3) is 2.90. The Hall–Kier alpha value is -1.96. The molecule has 8 heteroatoms. The third-order valence-corrected chi connectivity index (χ3v) is 5.57. The normalized spacial score (nSPS) is 23.5. The lowest BCUT2D eigenvalue weighted by Gasteiger charge is -2.40. The van der Waals surface area contributed by atoms with Gasteiger partial charge >= 0.3 is 0 Å². The number of H-pyrrole nitrogens is 1. The summed E-state index contributed by atoms with van der Waals surface area (Å²) in [6.45, 7) is 4.73. The summed E-state index contributed by atoms with van der Waals surface area (Å²) >= 11 is 0. The summed E-state index contributed by atoms with van der Waals surface area (Å²) in [6, 6.07) is 0.749. The van der Waals surface area contributed by atoms with Crippen LogP contribution in [0.1, 0.15) is 36.3 Å². The molecule has 1 aromatic heterocycles. The van der Waals surface area contributed by atoms with Crippen LogP contribution in [0.5, 0.6) is 0 Å². The maximum absolute atomic E-state index is 12.7. The zero-order valence-corrected chi connectivity index (χ0v) is 13.9. The number of hydrogen-bond acceptors (Lipinski definition) is 5. The molecule has 0 aromatic carbocycles. The summed E-state index contributed by atoms with van der Waals surface area (Å²) in [4.78, 5) is 34.9. The number of carbonyl (C=O) groups is 2. The Labute approximate surface area is 141 Å². The Balaban J connectivity index is 1.27. The fraction of sp³-hybridized carbons (Fsp3) is 0.750. The van der Waals surface area contributed by atoms with E-state index in [-0.39, 0.29) is 23.6 Å². The van der Waals surface area contributed by atoms with Gasteiger partial charge < -0.3 is 9.80 Å². The van der Waals surface area contributed by atoms with Crippen LogP contribution in [0.3, 0.4) is 0 Å². The van der Waals surface area contributed by atoms with E-state index in [9.17, 15) is 9.59 Å². The standard InChI is InChI=1S/C16H24N6O2/c23-15(12-9-22(10-12)16(24)14-17-11-18-19-14)21-6-2-5-20(7-8-21)13-3-1-4-13/h11-13H,1-10H2,(H,17,18,19). The Morgan fingerprint density at radius 2 is 1.88 bits per heavy atom. The Morgan fingerprint density at radius 1 is 1.04 bits per heavy atom. The minimum absolute atomic E-state index is 0.0628. The maximum atomic E-state index is 12.7. The predicted octanol–water partition coefficient (Wildman–Crippen LogP) is -0.0365. The number of aromatic amines is 1. The lowest BCUT2D eigenvalue weighted by Crippen LogP contribution is -2.57. The molecule has 0 spiro atoms. The van der Waals surface area contributed by atoms with Crippen LogP contribution in [0.2, 0.25) is 0 Å². The number of nitrogens with zero attached hydrogens (tertiary/aromatic N) is 5. The van der Waals surface area contributed by atoms with Crippen LogP contribution in [-0.4, -0.2) is 87.0 Å². The van der Waals surface area contributed by atoms with Gasteiger partial charge in [0, 0.05) is 45.3 Å². The molecule has 3 aliphatic rings. The van der Waals surface area contributed by atoms with E-state index >= 15 is 0 Å². The molecule has 0 unspecified atom stereocenters. The molecule has 1 aliphatic carbocycles. The first-order valence-corrected chi connectivity index (χ1v) is 8.90. The van der Waals surface area contributed by atoms with E-state index in [1.165, 1.54) is 25.6 Å². The highest BCUT2D eigenvalue weighted by Crippen LogP contribution is 2.26. The van der Waals surface area contributed by atoms with Gasteiger partial charge in [-0.1, -0.05) is 6.42 Å². The minimum Gasteiger partial charge on any atom is -0.341 e. The summed E-state index contributed by atoms with van der Waals surface area (Å²) in [5, 5.41) is 6.27. The van der Waals surface area contributed by atoms with Gasteiger partial charge in [0.25, 0.3) is 5.91 Å². The average Bonchev–Trinajstić information content (AvgIpc) is 2.91. The van der Waals surface area contributed by atoms with Crippen molar-refractivity contribution in [2.75, 3.05) is 39.3 Å². The highest BCUT2D eigenvalue weighted by Gasteiger charge is 2.39. The number of aromatic nitrogens is 3. The molecular weight excluding hydrogens is 308 g/mol. The highest BCUT2D eigenvalue weighted by atomic mass is 16.2. The molecule has 3 heterocycles. The number of rotatable bonds is 3.